The first-order chi connectivity index (χ1) is 9.93. The molecule has 0 heterocycles. The molecule has 21 heavy (non-hydrogen) atoms. The summed E-state index contributed by atoms with van der Waals surface area (Å²) >= 11 is 1.92. The summed E-state index contributed by atoms with van der Waals surface area (Å²) in [6.07, 6.45) is 1.40. The first-order valence-corrected chi connectivity index (χ1v) is 8.34. The fourth-order valence-corrected chi connectivity index (χ4v) is 2.76. The maximum absolute atomic E-state index is 11.9. The zero-order valence-corrected chi connectivity index (χ0v) is 14.1. The summed E-state index contributed by atoms with van der Waals surface area (Å²) in [7, 11) is 1.59. The number of nitrogen functional groups attached to an aromatic ring is 1. The maximum Gasteiger partial charge on any atom is 0.224 e. The number of nitrogens with two attached hydrogens (primary N) is 1. The lowest BCUT2D eigenvalue weighted by molar-refractivity contribution is -0.116. The lowest BCUT2D eigenvalue weighted by atomic mass is 10.2. The van der Waals surface area contributed by atoms with Gasteiger partial charge in [0.05, 0.1) is 18.5 Å². The molecule has 0 aliphatic carbocycles. The summed E-state index contributed by atoms with van der Waals surface area (Å²) in [4.78, 5) is 11.9. The highest BCUT2D eigenvalue weighted by molar-refractivity contribution is 7.99. The molecule has 118 valence electrons. The third kappa shape index (κ3) is 6.29. The minimum absolute atomic E-state index is 0.00432. The van der Waals surface area contributed by atoms with E-state index in [0.717, 1.165) is 12.2 Å². The number of nitrogens with one attached hydrogen (secondary N) is 1. The molecule has 0 aromatic heterocycles. The Hall–Kier alpha value is -1.36. The van der Waals surface area contributed by atoms with Gasteiger partial charge in [-0.3, -0.25) is 4.79 Å². The van der Waals surface area contributed by atoms with Crippen LogP contribution in [-0.4, -0.2) is 24.0 Å². The number of rotatable bonds is 8. The van der Waals surface area contributed by atoms with E-state index in [2.05, 4.69) is 26.1 Å². The van der Waals surface area contributed by atoms with Crippen LogP contribution in [0, 0.1) is 5.92 Å². The highest BCUT2D eigenvalue weighted by Crippen LogP contribution is 2.24. The molecule has 0 radical (unpaired) electrons. The van der Waals surface area contributed by atoms with Crippen molar-refractivity contribution in [3.63, 3.8) is 0 Å². The van der Waals surface area contributed by atoms with Gasteiger partial charge in [0.25, 0.3) is 0 Å². The molecule has 0 aliphatic rings. The lowest BCUT2D eigenvalue weighted by Gasteiger charge is -2.14. The average Bonchev–Trinajstić information content (AvgIpc) is 2.45. The smallest absolute Gasteiger partial charge is 0.224 e. The summed E-state index contributed by atoms with van der Waals surface area (Å²) in [6, 6.07) is 5.25. The molecule has 0 saturated heterocycles. The summed E-state index contributed by atoms with van der Waals surface area (Å²) in [5.74, 6) is 2.36. The van der Waals surface area contributed by atoms with E-state index >= 15 is 0 Å². The maximum atomic E-state index is 11.9. The molecular formula is C16H26N2O2S. The minimum Gasteiger partial charge on any atom is -0.497 e. The van der Waals surface area contributed by atoms with Crippen LogP contribution in [0.15, 0.2) is 18.2 Å². The number of hydrogen-bond donors (Lipinski definition) is 2. The van der Waals surface area contributed by atoms with Crippen molar-refractivity contribution < 1.29 is 9.53 Å². The van der Waals surface area contributed by atoms with E-state index in [-0.39, 0.29) is 5.91 Å². The summed E-state index contributed by atoms with van der Waals surface area (Å²) < 4.78 is 5.08. The Labute approximate surface area is 131 Å². The van der Waals surface area contributed by atoms with E-state index < -0.39 is 0 Å². The largest absolute Gasteiger partial charge is 0.497 e. The molecule has 1 amide bonds. The van der Waals surface area contributed by atoms with E-state index in [1.54, 1.807) is 25.3 Å². The third-order valence-electron chi connectivity index (χ3n) is 3.40. The first kappa shape index (κ1) is 17.7. The van der Waals surface area contributed by atoms with Gasteiger partial charge in [0.15, 0.2) is 0 Å². The van der Waals surface area contributed by atoms with Crippen molar-refractivity contribution in [1.29, 1.82) is 0 Å². The van der Waals surface area contributed by atoms with Crippen LogP contribution in [-0.2, 0) is 4.79 Å². The number of ether oxygens (including phenoxy) is 1. The van der Waals surface area contributed by atoms with Crippen LogP contribution >= 0.6 is 11.8 Å². The fourth-order valence-electron chi connectivity index (χ4n) is 1.69. The van der Waals surface area contributed by atoms with Crippen molar-refractivity contribution in [3.05, 3.63) is 18.2 Å². The standard InChI is InChI=1S/C16H26N2O2S/c1-11(2)12(3)21-9-5-6-16(19)18-15-8-7-13(20-4)10-14(15)17/h7-8,10-12H,5-6,9,17H2,1-4H3,(H,18,19). The third-order valence-corrected chi connectivity index (χ3v) is 5.00. The van der Waals surface area contributed by atoms with Gasteiger partial charge in [-0.15, -0.1) is 0 Å². The van der Waals surface area contributed by atoms with Crippen molar-refractivity contribution in [2.75, 3.05) is 23.9 Å². The van der Waals surface area contributed by atoms with Crippen molar-refractivity contribution in [2.45, 2.75) is 38.9 Å². The predicted molar refractivity (Wildman–Crippen MR) is 92.0 cm³/mol. The normalized spacial score (nSPS) is 12.2. The van der Waals surface area contributed by atoms with E-state index in [1.807, 2.05) is 11.8 Å². The van der Waals surface area contributed by atoms with Gasteiger partial charge in [-0.05, 0) is 30.2 Å². The highest BCUT2D eigenvalue weighted by Gasteiger charge is 2.09. The number of carbonyl (C=O) groups is 1. The number of benzene rings is 1. The highest BCUT2D eigenvalue weighted by atomic mass is 32.2. The molecule has 1 rings (SSSR count). The number of anilines is 2. The Balaban J connectivity index is 2.34. The Bertz CT molecular complexity index is 464. The number of carbonyl (C=O) groups excluding carboxylic acids is 1. The van der Waals surface area contributed by atoms with E-state index in [4.69, 9.17) is 10.5 Å². The second-order valence-electron chi connectivity index (χ2n) is 5.42. The molecule has 1 aromatic carbocycles. The van der Waals surface area contributed by atoms with E-state index in [9.17, 15) is 4.79 Å². The molecule has 1 atom stereocenters. The molecule has 0 fully saturated rings. The number of amides is 1. The van der Waals surface area contributed by atoms with Crippen LogP contribution in [0.5, 0.6) is 5.75 Å². The molecule has 0 bridgehead atoms. The molecule has 5 heteroatoms. The van der Waals surface area contributed by atoms with Crippen LogP contribution in [0.4, 0.5) is 11.4 Å². The van der Waals surface area contributed by atoms with Crippen molar-refractivity contribution in [2.24, 2.45) is 5.92 Å². The molecule has 1 aromatic rings. The summed E-state index contributed by atoms with van der Waals surface area (Å²) in [6.45, 7) is 6.67. The van der Waals surface area contributed by atoms with Gasteiger partial charge in [0, 0.05) is 17.7 Å². The first-order valence-electron chi connectivity index (χ1n) is 7.29. The van der Waals surface area contributed by atoms with Crippen LogP contribution in [0.3, 0.4) is 0 Å². The van der Waals surface area contributed by atoms with Crippen LogP contribution in [0.2, 0.25) is 0 Å². The fraction of sp³-hybridized carbons (Fsp3) is 0.562. The van der Waals surface area contributed by atoms with Crippen molar-refractivity contribution >= 4 is 29.0 Å². The molecule has 0 aliphatic heterocycles. The Morgan fingerprint density at radius 3 is 2.67 bits per heavy atom. The van der Waals surface area contributed by atoms with Crippen LogP contribution in [0.1, 0.15) is 33.6 Å². The zero-order valence-electron chi connectivity index (χ0n) is 13.3. The lowest BCUT2D eigenvalue weighted by Crippen LogP contribution is -2.13. The molecule has 4 nitrogen and oxygen atoms in total. The zero-order chi connectivity index (χ0) is 15.8. The van der Waals surface area contributed by atoms with Crippen molar-refractivity contribution in [1.82, 2.24) is 0 Å². The molecule has 1 unspecified atom stereocenters. The molecular weight excluding hydrogens is 284 g/mol. The minimum atomic E-state index is 0.00432. The Morgan fingerprint density at radius 1 is 1.38 bits per heavy atom. The van der Waals surface area contributed by atoms with Crippen molar-refractivity contribution in [3.8, 4) is 5.75 Å². The molecule has 0 saturated carbocycles. The number of thioether (sulfide) groups is 1. The quantitative estimate of drug-likeness (QED) is 0.566. The van der Waals surface area contributed by atoms with Gasteiger partial charge in [0.1, 0.15) is 5.75 Å². The summed E-state index contributed by atoms with van der Waals surface area (Å²) in [5, 5.41) is 3.47. The second-order valence-corrected chi connectivity index (χ2v) is 6.91. The van der Waals surface area contributed by atoms with Gasteiger partial charge in [-0.2, -0.15) is 11.8 Å². The summed E-state index contributed by atoms with van der Waals surface area (Å²) in [5.41, 5.74) is 7.04. The molecule has 3 N–H and O–H groups in total. The van der Waals surface area contributed by atoms with E-state index in [0.29, 0.717) is 34.7 Å². The van der Waals surface area contributed by atoms with Gasteiger partial charge in [0.2, 0.25) is 5.91 Å². The SMILES string of the molecule is COc1ccc(NC(=O)CCCSC(C)C(C)C)c(N)c1. The predicted octanol–water partition coefficient (Wildman–Crippen LogP) is 3.77. The van der Waals surface area contributed by atoms with Gasteiger partial charge >= 0.3 is 0 Å². The topological polar surface area (TPSA) is 64.3 Å². The van der Waals surface area contributed by atoms with E-state index in [1.165, 1.54) is 0 Å². The van der Waals surface area contributed by atoms with Gasteiger partial charge < -0.3 is 15.8 Å². The second kappa shape index (κ2) is 8.82. The number of methoxy groups -OCH3 is 1. The van der Waals surface area contributed by atoms with Crippen LogP contribution < -0.4 is 15.8 Å². The Morgan fingerprint density at radius 2 is 2.10 bits per heavy atom. The van der Waals surface area contributed by atoms with Crippen LogP contribution in [0.25, 0.3) is 0 Å². The Kier molecular flexibility index (Phi) is 7.43. The van der Waals surface area contributed by atoms with Gasteiger partial charge in [-0.1, -0.05) is 20.8 Å². The average molecular weight is 310 g/mol. The van der Waals surface area contributed by atoms with Gasteiger partial charge in [-0.25, -0.2) is 0 Å². The number of hydrogen-bond acceptors (Lipinski definition) is 4. The molecule has 0 spiro atoms. The monoisotopic (exact) mass is 310 g/mol.